The summed E-state index contributed by atoms with van der Waals surface area (Å²) in [6.45, 7) is 3.06. The summed E-state index contributed by atoms with van der Waals surface area (Å²) in [4.78, 5) is 22.1. The van der Waals surface area contributed by atoms with Crippen LogP contribution in [-0.4, -0.2) is 28.1 Å². The molecule has 0 aliphatic carbocycles. The zero-order valence-corrected chi connectivity index (χ0v) is 10.3. The molecule has 0 saturated carbocycles. The van der Waals surface area contributed by atoms with E-state index in [0.29, 0.717) is 5.65 Å². The van der Waals surface area contributed by atoms with Crippen LogP contribution in [0.2, 0.25) is 0 Å². The summed E-state index contributed by atoms with van der Waals surface area (Å²) in [6.07, 6.45) is 2.38. The van der Waals surface area contributed by atoms with Gasteiger partial charge in [0.2, 0.25) is 0 Å². The summed E-state index contributed by atoms with van der Waals surface area (Å²) >= 11 is 0. The zero-order valence-electron chi connectivity index (χ0n) is 10.3. The minimum atomic E-state index is -0.139. The number of hydrogen-bond acceptors (Lipinski definition) is 4. The molecule has 0 aliphatic heterocycles. The monoisotopic (exact) mass is 232 g/mol. The van der Waals surface area contributed by atoms with E-state index in [1.165, 1.54) is 10.8 Å². The van der Waals surface area contributed by atoms with Gasteiger partial charge in [-0.2, -0.15) is 0 Å². The van der Waals surface area contributed by atoms with Gasteiger partial charge < -0.3 is 4.90 Å². The summed E-state index contributed by atoms with van der Waals surface area (Å²) in [6, 6.07) is 3.82. The molecule has 2 aromatic rings. The Hall–Kier alpha value is -1.91. The molecule has 5 nitrogen and oxygen atoms in total. The average Bonchev–Trinajstić information content (AvgIpc) is 2.34. The highest BCUT2D eigenvalue weighted by molar-refractivity contribution is 5.72. The highest BCUT2D eigenvalue weighted by Gasteiger charge is 2.06. The summed E-state index contributed by atoms with van der Waals surface area (Å²) in [5, 5.41) is 0. The second kappa shape index (κ2) is 4.53. The molecular formula is C12H16N4O. The number of hydrogen-bond donors (Lipinski definition) is 0. The number of aryl methyl sites for hydroxylation is 1. The van der Waals surface area contributed by atoms with E-state index in [1.54, 1.807) is 7.05 Å². The van der Waals surface area contributed by atoms with Crippen LogP contribution in [0.15, 0.2) is 23.1 Å². The first-order valence-electron chi connectivity index (χ1n) is 5.67. The van der Waals surface area contributed by atoms with Gasteiger partial charge in [0, 0.05) is 20.6 Å². The van der Waals surface area contributed by atoms with E-state index in [2.05, 4.69) is 21.8 Å². The van der Waals surface area contributed by atoms with Crippen molar-refractivity contribution in [2.45, 2.75) is 13.3 Å². The molecule has 0 atom stereocenters. The summed E-state index contributed by atoms with van der Waals surface area (Å²) in [7, 11) is 3.70. The molecule has 0 fully saturated rings. The van der Waals surface area contributed by atoms with Crippen molar-refractivity contribution in [1.82, 2.24) is 14.5 Å². The summed E-state index contributed by atoms with van der Waals surface area (Å²) in [5.41, 5.74) is 1.22. The van der Waals surface area contributed by atoms with Gasteiger partial charge in [0.05, 0.1) is 6.20 Å². The smallest absolute Gasteiger partial charge is 0.270 e. The predicted molar refractivity (Wildman–Crippen MR) is 68.3 cm³/mol. The molecule has 0 aromatic carbocycles. The number of anilines is 1. The van der Waals surface area contributed by atoms with Crippen molar-refractivity contribution in [2.75, 3.05) is 18.5 Å². The van der Waals surface area contributed by atoms with Gasteiger partial charge >= 0.3 is 0 Å². The fourth-order valence-corrected chi connectivity index (χ4v) is 1.76. The lowest BCUT2D eigenvalue weighted by molar-refractivity contribution is 0.828. The van der Waals surface area contributed by atoms with Gasteiger partial charge in [-0.3, -0.25) is 9.36 Å². The molecule has 0 unspecified atom stereocenters. The molecule has 0 N–H and O–H groups in total. The molecule has 5 heteroatoms. The maximum atomic E-state index is 11.5. The van der Waals surface area contributed by atoms with Gasteiger partial charge in [-0.15, -0.1) is 0 Å². The Morgan fingerprint density at radius 1 is 1.41 bits per heavy atom. The Bertz CT molecular complexity index is 591. The molecule has 0 spiro atoms. The second-order valence-corrected chi connectivity index (χ2v) is 4.09. The predicted octanol–water partition coefficient (Wildman–Crippen LogP) is 1.17. The van der Waals surface area contributed by atoms with Crippen LogP contribution in [0.4, 0.5) is 5.82 Å². The van der Waals surface area contributed by atoms with Crippen LogP contribution in [-0.2, 0) is 7.05 Å². The molecule has 2 heterocycles. The number of nitrogens with zero attached hydrogens (tertiary/aromatic N) is 4. The van der Waals surface area contributed by atoms with Crippen molar-refractivity contribution < 1.29 is 0 Å². The van der Waals surface area contributed by atoms with E-state index in [1.807, 2.05) is 19.2 Å². The Morgan fingerprint density at radius 2 is 2.18 bits per heavy atom. The molecule has 0 radical (unpaired) electrons. The first-order valence-corrected chi connectivity index (χ1v) is 5.67. The summed E-state index contributed by atoms with van der Waals surface area (Å²) < 4.78 is 1.52. The van der Waals surface area contributed by atoms with Crippen LogP contribution in [0, 0.1) is 0 Å². The number of fused-ring (bicyclic) bond motifs is 1. The van der Waals surface area contributed by atoms with Gasteiger partial charge in [0.1, 0.15) is 11.3 Å². The first kappa shape index (κ1) is 11.6. The lowest BCUT2D eigenvalue weighted by Crippen LogP contribution is -2.21. The maximum absolute atomic E-state index is 11.5. The van der Waals surface area contributed by atoms with Crippen LogP contribution < -0.4 is 10.5 Å². The van der Waals surface area contributed by atoms with Crippen molar-refractivity contribution >= 4 is 17.0 Å². The van der Waals surface area contributed by atoms with Crippen LogP contribution in [0.5, 0.6) is 0 Å². The fraction of sp³-hybridized carbons (Fsp3) is 0.417. The van der Waals surface area contributed by atoms with E-state index < -0.39 is 0 Å². The zero-order chi connectivity index (χ0) is 12.4. The molecule has 0 aliphatic rings. The number of rotatable bonds is 3. The lowest BCUT2D eigenvalue weighted by atomic mass is 10.3. The largest absolute Gasteiger partial charge is 0.360 e. The molecule has 0 saturated heterocycles. The molecular weight excluding hydrogens is 216 g/mol. The van der Waals surface area contributed by atoms with E-state index in [0.717, 1.165) is 24.3 Å². The van der Waals surface area contributed by atoms with Crippen molar-refractivity contribution in [3.05, 3.63) is 28.7 Å². The average molecular weight is 232 g/mol. The molecule has 17 heavy (non-hydrogen) atoms. The first-order chi connectivity index (χ1) is 8.13. The third-order valence-corrected chi connectivity index (χ3v) is 2.75. The van der Waals surface area contributed by atoms with E-state index in [9.17, 15) is 4.79 Å². The minimum Gasteiger partial charge on any atom is -0.360 e. The minimum absolute atomic E-state index is 0.139. The third kappa shape index (κ3) is 2.13. The van der Waals surface area contributed by atoms with Crippen molar-refractivity contribution in [3.8, 4) is 0 Å². The van der Waals surface area contributed by atoms with Gasteiger partial charge in [0.25, 0.3) is 5.56 Å². The molecule has 2 rings (SSSR count). The number of pyridine rings is 1. The van der Waals surface area contributed by atoms with Crippen LogP contribution in [0.1, 0.15) is 13.3 Å². The Labute approximate surface area is 99.7 Å². The normalized spacial score (nSPS) is 10.8. The standard InChI is InChI=1S/C12H16N4O/c1-4-7-15(2)10-6-5-9-12(14-10)16(3)11(17)8-13-9/h5-6,8H,4,7H2,1-3H3. The van der Waals surface area contributed by atoms with Crippen molar-refractivity contribution in [2.24, 2.45) is 7.05 Å². The van der Waals surface area contributed by atoms with Gasteiger partial charge in [-0.05, 0) is 18.6 Å². The number of aromatic nitrogens is 3. The highest BCUT2D eigenvalue weighted by Crippen LogP contribution is 2.14. The highest BCUT2D eigenvalue weighted by atomic mass is 16.1. The lowest BCUT2D eigenvalue weighted by Gasteiger charge is -2.17. The Morgan fingerprint density at radius 3 is 2.88 bits per heavy atom. The topological polar surface area (TPSA) is 51.0 Å². The van der Waals surface area contributed by atoms with Crippen LogP contribution in [0.3, 0.4) is 0 Å². The van der Waals surface area contributed by atoms with E-state index in [-0.39, 0.29) is 5.56 Å². The van der Waals surface area contributed by atoms with Gasteiger partial charge in [0.15, 0.2) is 5.65 Å². The Kier molecular flexibility index (Phi) is 3.08. The van der Waals surface area contributed by atoms with E-state index >= 15 is 0 Å². The molecule has 0 bridgehead atoms. The Balaban J connectivity index is 2.56. The maximum Gasteiger partial charge on any atom is 0.270 e. The fourth-order valence-electron chi connectivity index (χ4n) is 1.76. The van der Waals surface area contributed by atoms with Crippen LogP contribution >= 0.6 is 0 Å². The van der Waals surface area contributed by atoms with Crippen LogP contribution in [0.25, 0.3) is 11.2 Å². The van der Waals surface area contributed by atoms with Gasteiger partial charge in [-0.25, -0.2) is 9.97 Å². The third-order valence-electron chi connectivity index (χ3n) is 2.75. The molecule has 2 aromatic heterocycles. The van der Waals surface area contributed by atoms with Crippen molar-refractivity contribution in [3.63, 3.8) is 0 Å². The molecule has 90 valence electrons. The van der Waals surface area contributed by atoms with E-state index in [4.69, 9.17) is 0 Å². The summed E-state index contributed by atoms with van der Waals surface area (Å²) in [5.74, 6) is 0.863. The quantitative estimate of drug-likeness (QED) is 0.797. The SMILES string of the molecule is CCCN(C)c1ccc2ncc(=O)n(C)c2n1. The van der Waals surface area contributed by atoms with Crippen molar-refractivity contribution in [1.29, 1.82) is 0 Å². The second-order valence-electron chi connectivity index (χ2n) is 4.09. The van der Waals surface area contributed by atoms with Gasteiger partial charge in [-0.1, -0.05) is 6.92 Å². The molecule has 0 amide bonds.